The van der Waals surface area contributed by atoms with Crippen LogP contribution in [0.3, 0.4) is 0 Å². The van der Waals surface area contributed by atoms with Gasteiger partial charge in [-0.15, -0.1) is 17.9 Å². The van der Waals surface area contributed by atoms with Crippen LogP contribution in [0.15, 0.2) is 35.0 Å². The Morgan fingerprint density at radius 2 is 2.43 bits per heavy atom. The van der Waals surface area contributed by atoms with Gasteiger partial charge in [-0.2, -0.15) is 9.36 Å². The maximum absolute atomic E-state index is 11.6. The van der Waals surface area contributed by atoms with Gasteiger partial charge in [0.2, 0.25) is 0 Å². The summed E-state index contributed by atoms with van der Waals surface area (Å²) in [7, 11) is 0. The van der Waals surface area contributed by atoms with Crippen molar-refractivity contribution in [3.8, 4) is 5.00 Å². The van der Waals surface area contributed by atoms with E-state index in [1.54, 1.807) is 6.08 Å². The summed E-state index contributed by atoms with van der Waals surface area (Å²) < 4.78 is 2.53. The first-order chi connectivity index (χ1) is 6.83. The minimum atomic E-state index is -0.243. The van der Waals surface area contributed by atoms with Crippen LogP contribution in [0.5, 0.6) is 0 Å². The zero-order valence-electron chi connectivity index (χ0n) is 7.33. The number of rotatable bonds is 3. The van der Waals surface area contributed by atoms with Gasteiger partial charge in [-0.3, -0.25) is 0 Å². The molecule has 72 valence electrons. The highest BCUT2D eigenvalue weighted by molar-refractivity contribution is 7.12. The minimum Gasteiger partial charge on any atom is -0.244 e. The van der Waals surface area contributed by atoms with Gasteiger partial charge in [-0.05, 0) is 27.9 Å². The highest BCUT2D eigenvalue weighted by Crippen LogP contribution is 2.10. The van der Waals surface area contributed by atoms with Crippen LogP contribution in [0.2, 0.25) is 0 Å². The second-order valence-electron chi connectivity index (χ2n) is 2.60. The van der Waals surface area contributed by atoms with Crippen molar-refractivity contribution in [1.29, 1.82) is 0 Å². The number of allylic oxidation sites excluding steroid dienone is 1. The lowest BCUT2D eigenvalue weighted by Crippen LogP contribution is -2.23. The summed E-state index contributed by atoms with van der Waals surface area (Å²) in [4.78, 5) is 11.6. The van der Waals surface area contributed by atoms with E-state index in [2.05, 4.69) is 17.0 Å². The molecule has 0 unspecified atom stereocenters. The Morgan fingerprint density at radius 1 is 1.57 bits per heavy atom. The van der Waals surface area contributed by atoms with Crippen molar-refractivity contribution >= 4 is 11.3 Å². The van der Waals surface area contributed by atoms with E-state index in [4.69, 9.17) is 0 Å². The third-order valence-electron chi connectivity index (χ3n) is 1.66. The van der Waals surface area contributed by atoms with E-state index in [-0.39, 0.29) is 5.69 Å². The highest BCUT2D eigenvalue weighted by Gasteiger charge is 2.07. The molecule has 0 amide bonds. The summed E-state index contributed by atoms with van der Waals surface area (Å²) in [5, 5.41) is 10.1. The molecule has 2 heterocycles. The third-order valence-corrected chi connectivity index (χ3v) is 2.50. The third kappa shape index (κ3) is 1.39. The fraction of sp³-hybridized carbons (Fsp3) is 0.125. The summed E-state index contributed by atoms with van der Waals surface area (Å²) in [5.41, 5.74) is -0.243. The molecule has 0 bridgehead atoms. The normalized spacial score (nSPS) is 10.3. The first kappa shape index (κ1) is 8.89. The molecular formula is C8H8N4OS. The van der Waals surface area contributed by atoms with Gasteiger partial charge in [0.05, 0.1) is 6.54 Å². The van der Waals surface area contributed by atoms with Crippen molar-refractivity contribution < 1.29 is 0 Å². The lowest BCUT2D eigenvalue weighted by atomic mass is 10.6. The molecule has 6 heteroatoms. The first-order valence-electron chi connectivity index (χ1n) is 4.00. The van der Waals surface area contributed by atoms with Crippen molar-refractivity contribution in [2.24, 2.45) is 0 Å². The van der Waals surface area contributed by atoms with Gasteiger partial charge in [0.1, 0.15) is 5.00 Å². The molecule has 2 rings (SSSR count). The SMILES string of the molecule is C=CCn1nnn(-c2cccs2)c1=O. The highest BCUT2D eigenvalue weighted by atomic mass is 32.1. The molecule has 0 spiro atoms. The van der Waals surface area contributed by atoms with E-state index in [9.17, 15) is 4.79 Å². The number of thiophene rings is 1. The molecule has 0 aliphatic rings. The lowest BCUT2D eigenvalue weighted by Gasteiger charge is -1.90. The van der Waals surface area contributed by atoms with Gasteiger partial charge in [0, 0.05) is 0 Å². The van der Waals surface area contributed by atoms with Crippen LogP contribution in [0, 0.1) is 0 Å². The molecule has 0 saturated carbocycles. The topological polar surface area (TPSA) is 52.7 Å². The molecule has 0 aliphatic heterocycles. The summed E-state index contributed by atoms with van der Waals surface area (Å²) in [6.07, 6.45) is 1.61. The summed E-state index contributed by atoms with van der Waals surface area (Å²) >= 11 is 1.44. The number of aromatic nitrogens is 4. The molecule has 5 nitrogen and oxygen atoms in total. The summed E-state index contributed by atoms with van der Waals surface area (Å²) in [5.74, 6) is 0. The monoisotopic (exact) mass is 208 g/mol. The Labute approximate surface area is 83.9 Å². The van der Waals surface area contributed by atoms with Crippen LogP contribution in [-0.2, 0) is 6.54 Å². The van der Waals surface area contributed by atoms with E-state index in [1.807, 2.05) is 17.5 Å². The standard InChI is InChI=1S/C8H8N4OS/c1-2-5-11-8(13)12(10-9-11)7-4-3-6-14-7/h2-4,6H,1,5H2. The smallest absolute Gasteiger partial charge is 0.244 e. The first-order valence-corrected chi connectivity index (χ1v) is 4.88. The molecule has 0 atom stereocenters. The van der Waals surface area contributed by atoms with Crippen LogP contribution in [0.25, 0.3) is 5.00 Å². The number of tetrazole rings is 1. The van der Waals surface area contributed by atoms with Crippen molar-refractivity contribution in [3.05, 3.63) is 40.7 Å². The van der Waals surface area contributed by atoms with Crippen LogP contribution in [0.1, 0.15) is 0 Å². The zero-order chi connectivity index (χ0) is 9.97. The average molecular weight is 208 g/mol. The van der Waals surface area contributed by atoms with Crippen molar-refractivity contribution in [1.82, 2.24) is 19.8 Å². The molecule has 2 aromatic rings. The van der Waals surface area contributed by atoms with Gasteiger partial charge < -0.3 is 0 Å². The second-order valence-corrected chi connectivity index (χ2v) is 3.52. The molecular weight excluding hydrogens is 200 g/mol. The van der Waals surface area contributed by atoms with Gasteiger partial charge >= 0.3 is 5.69 Å². The molecule has 0 aromatic carbocycles. The second kappa shape index (κ2) is 3.59. The summed E-state index contributed by atoms with van der Waals surface area (Å²) in [6.45, 7) is 3.91. The Morgan fingerprint density at radius 3 is 3.07 bits per heavy atom. The van der Waals surface area contributed by atoms with Crippen molar-refractivity contribution in [2.45, 2.75) is 6.54 Å². The molecule has 0 fully saturated rings. The maximum atomic E-state index is 11.6. The Hall–Kier alpha value is -1.69. The fourth-order valence-corrected chi connectivity index (χ4v) is 1.71. The van der Waals surface area contributed by atoms with Crippen LogP contribution in [0.4, 0.5) is 0 Å². The predicted octanol–water partition coefficient (Wildman–Crippen LogP) is 0.676. The lowest BCUT2D eigenvalue weighted by molar-refractivity contribution is 0.644. The maximum Gasteiger partial charge on any atom is 0.369 e. The fourth-order valence-electron chi connectivity index (χ4n) is 1.04. The molecule has 14 heavy (non-hydrogen) atoms. The molecule has 0 radical (unpaired) electrons. The van der Waals surface area contributed by atoms with Crippen LogP contribution < -0.4 is 5.69 Å². The van der Waals surface area contributed by atoms with Gasteiger partial charge in [-0.25, -0.2) is 4.79 Å². The van der Waals surface area contributed by atoms with E-state index in [0.29, 0.717) is 6.54 Å². The zero-order valence-corrected chi connectivity index (χ0v) is 8.15. The minimum absolute atomic E-state index is 0.243. The Kier molecular flexibility index (Phi) is 2.28. The quantitative estimate of drug-likeness (QED) is 0.697. The van der Waals surface area contributed by atoms with Crippen LogP contribution >= 0.6 is 11.3 Å². The van der Waals surface area contributed by atoms with E-state index in [0.717, 1.165) is 5.00 Å². The average Bonchev–Trinajstić information content (AvgIpc) is 2.77. The summed E-state index contributed by atoms with van der Waals surface area (Å²) in [6, 6.07) is 3.68. The van der Waals surface area contributed by atoms with E-state index >= 15 is 0 Å². The van der Waals surface area contributed by atoms with E-state index in [1.165, 1.54) is 20.7 Å². The molecule has 0 N–H and O–H groups in total. The van der Waals surface area contributed by atoms with Gasteiger partial charge in [0.25, 0.3) is 0 Å². The Balaban J connectivity index is 2.47. The number of hydrogen-bond donors (Lipinski definition) is 0. The predicted molar refractivity (Wildman–Crippen MR) is 53.7 cm³/mol. The van der Waals surface area contributed by atoms with E-state index < -0.39 is 0 Å². The van der Waals surface area contributed by atoms with Gasteiger partial charge in [-0.1, -0.05) is 6.08 Å². The molecule has 2 aromatic heterocycles. The largest absolute Gasteiger partial charge is 0.369 e. The van der Waals surface area contributed by atoms with Crippen molar-refractivity contribution in [3.63, 3.8) is 0 Å². The molecule has 0 saturated heterocycles. The Bertz CT molecular complexity index is 482. The number of hydrogen-bond acceptors (Lipinski definition) is 4. The molecule has 0 aliphatic carbocycles. The van der Waals surface area contributed by atoms with Crippen molar-refractivity contribution in [2.75, 3.05) is 0 Å². The van der Waals surface area contributed by atoms with Crippen LogP contribution in [-0.4, -0.2) is 19.8 Å². The number of nitrogens with zero attached hydrogens (tertiary/aromatic N) is 4. The van der Waals surface area contributed by atoms with Gasteiger partial charge in [0.15, 0.2) is 0 Å².